The predicted octanol–water partition coefficient (Wildman–Crippen LogP) is 2.80. The molecule has 1 aromatic heterocycles. The van der Waals surface area contributed by atoms with Gasteiger partial charge in [-0.25, -0.2) is 13.8 Å². The topological polar surface area (TPSA) is 162 Å². The molecular weight excluding hydrogens is 536 g/mol. The molecule has 0 radical (unpaired) electrons. The third kappa shape index (κ3) is 5.30. The molecule has 5 rings (SSSR count). The van der Waals surface area contributed by atoms with Crippen molar-refractivity contribution in [1.82, 2.24) is 10.3 Å². The molecular formula is C29H29F2N5O5. The first-order valence-electron chi connectivity index (χ1n) is 12.9. The van der Waals surface area contributed by atoms with E-state index in [0.29, 0.717) is 11.3 Å². The molecule has 2 heterocycles. The third-order valence-corrected chi connectivity index (χ3v) is 7.26. The molecule has 1 fully saturated rings. The Bertz CT molecular complexity index is 1560. The molecule has 214 valence electrons. The number of hydrogen-bond acceptors (Lipinski definition) is 8. The van der Waals surface area contributed by atoms with E-state index in [1.165, 1.54) is 32.2 Å². The number of primary amides is 1. The van der Waals surface area contributed by atoms with Gasteiger partial charge in [-0.2, -0.15) is 0 Å². The van der Waals surface area contributed by atoms with Gasteiger partial charge in [0.15, 0.2) is 0 Å². The predicted molar refractivity (Wildman–Crippen MR) is 147 cm³/mol. The fourth-order valence-electron chi connectivity index (χ4n) is 4.53. The minimum absolute atomic E-state index is 0.00959. The van der Waals surface area contributed by atoms with Gasteiger partial charge in [0.25, 0.3) is 5.91 Å². The third-order valence-electron chi connectivity index (χ3n) is 7.26. The van der Waals surface area contributed by atoms with Crippen LogP contribution in [0.2, 0.25) is 0 Å². The molecule has 2 aliphatic rings. The molecule has 1 aliphatic heterocycles. The van der Waals surface area contributed by atoms with Crippen LogP contribution in [0.4, 0.5) is 14.5 Å². The molecule has 12 heteroatoms. The number of methoxy groups -OCH3 is 1. The fourth-order valence-corrected chi connectivity index (χ4v) is 4.53. The molecule has 1 aliphatic carbocycles. The Morgan fingerprint density at radius 3 is 2.63 bits per heavy atom. The summed E-state index contributed by atoms with van der Waals surface area (Å²) in [7, 11) is 1.43. The Morgan fingerprint density at radius 1 is 1.29 bits per heavy atom. The lowest BCUT2D eigenvalue weighted by atomic mass is 9.83. The standard InChI is InChI=1S/C29H29F2N5O5/c1-29(28(33)39)13-41-26-17(29)10-20(36-25(26)23-18(30)4-3-5-19(23)31)21(37)12-35-27(38)14-8-15(11-34-16-6-7-16)24(32)22(9-14)40-2/h3-5,8-11,16,21,37H,6-7,12-13,32H2,1-2H3,(H2,33,39)(H,35,38)/t21-,29+/m1/s1. The summed E-state index contributed by atoms with van der Waals surface area (Å²) in [6, 6.07) is 7.99. The number of carbonyl (C=O) groups is 2. The lowest BCUT2D eigenvalue weighted by Crippen LogP contribution is -2.40. The number of nitrogen functional groups attached to an aromatic ring is 1. The van der Waals surface area contributed by atoms with Crippen LogP contribution in [0.5, 0.6) is 11.5 Å². The SMILES string of the molecule is COc1cc(C(=O)NC[C@@H](O)c2cc3c(c(-c4c(F)cccc4F)n2)OC[C@]3(C)C(N)=O)cc(C=NC2CC2)c1N. The Hall–Kier alpha value is -4.58. The monoisotopic (exact) mass is 565 g/mol. The highest BCUT2D eigenvalue weighted by molar-refractivity contribution is 5.99. The summed E-state index contributed by atoms with van der Waals surface area (Å²) in [5.74, 6) is -2.81. The molecule has 6 N–H and O–H groups in total. The van der Waals surface area contributed by atoms with Crippen molar-refractivity contribution in [2.75, 3.05) is 26.0 Å². The average molecular weight is 566 g/mol. The number of hydrogen-bond donors (Lipinski definition) is 4. The quantitative estimate of drug-likeness (QED) is 0.229. The largest absolute Gasteiger partial charge is 0.495 e. The average Bonchev–Trinajstić information content (AvgIpc) is 3.71. The minimum Gasteiger partial charge on any atom is -0.495 e. The highest BCUT2D eigenvalue weighted by atomic mass is 19.1. The number of pyridine rings is 1. The summed E-state index contributed by atoms with van der Waals surface area (Å²) >= 11 is 0. The maximum atomic E-state index is 14.8. The molecule has 2 aromatic carbocycles. The summed E-state index contributed by atoms with van der Waals surface area (Å²) in [6.07, 6.45) is 2.18. The molecule has 10 nitrogen and oxygen atoms in total. The van der Waals surface area contributed by atoms with Gasteiger partial charge >= 0.3 is 0 Å². The molecule has 1 saturated carbocycles. The second-order valence-electron chi connectivity index (χ2n) is 10.3. The number of anilines is 1. The van der Waals surface area contributed by atoms with Gasteiger partial charge in [-0.1, -0.05) is 6.07 Å². The molecule has 0 saturated heterocycles. The zero-order valence-corrected chi connectivity index (χ0v) is 22.4. The van der Waals surface area contributed by atoms with Crippen molar-refractivity contribution in [3.05, 3.63) is 70.4 Å². The number of fused-ring (bicyclic) bond motifs is 1. The number of aliphatic imine (C=N–C) groups is 1. The van der Waals surface area contributed by atoms with Crippen LogP contribution < -0.4 is 26.3 Å². The van der Waals surface area contributed by atoms with E-state index in [1.807, 2.05) is 0 Å². The summed E-state index contributed by atoms with van der Waals surface area (Å²) in [5.41, 5.74) is 11.0. The molecule has 41 heavy (non-hydrogen) atoms. The van der Waals surface area contributed by atoms with Crippen molar-refractivity contribution < 1.29 is 33.0 Å². The number of nitrogens with zero attached hydrogens (tertiary/aromatic N) is 2. The Balaban J connectivity index is 1.45. The number of aliphatic hydroxyl groups is 1. The normalized spacial score (nSPS) is 18.6. The number of benzene rings is 2. The van der Waals surface area contributed by atoms with E-state index in [-0.39, 0.29) is 53.2 Å². The highest BCUT2D eigenvalue weighted by Gasteiger charge is 2.44. The summed E-state index contributed by atoms with van der Waals surface area (Å²) in [6.45, 7) is 1.03. The van der Waals surface area contributed by atoms with Crippen molar-refractivity contribution >= 4 is 23.7 Å². The lowest BCUT2D eigenvalue weighted by molar-refractivity contribution is -0.123. The highest BCUT2D eigenvalue weighted by Crippen LogP contribution is 2.46. The van der Waals surface area contributed by atoms with Gasteiger partial charge in [-0.05, 0) is 50.1 Å². The van der Waals surface area contributed by atoms with Crippen molar-refractivity contribution in [3.63, 3.8) is 0 Å². The van der Waals surface area contributed by atoms with Crippen LogP contribution in [0, 0.1) is 11.6 Å². The van der Waals surface area contributed by atoms with Crippen LogP contribution in [0.25, 0.3) is 11.3 Å². The Labute approximate surface area is 234 Å². The van der Waals surface area contributed by atoms with Gasteiger partial charge in [0.05, 0.1) is 30.1 Å². The van der Waals surface area contributed by atoms with E-state index in [2.05, 4.69) is 15.3 Å². The van der Waals surface area contributed by atoms with Gasteiger partial charge < -0.3 is 31.4 Å². The smallest absolute Gasteiger partial charge is 0.251 e. The second-order valence-corrected chi connectivity index (χ2v) is 10.3. The maximum absolute atomic E-state index is 14.8. The Kier molecular flexibility index (Phi) is 7.35. The van der Waals surface area contributed by atoms with Crippen LogP contribution in [0.3, 0.4) is 0 Å². The number of rotatable bonds is 9. The van der Waals surface area contributed by atoms with E-state index in [1.54, 1.807) is 12.3 Å². The van der Waals surface area contributed by atoms with Crippen LogP contribution >= 0.6 is 0 Å². The first-order valence-corrected chi connectivity index (χ1v) is 12.9. The number of nitrogens with one attached hydrogen (secondary N) is 1. The van der Waals surface area contributed by atoms with Crippen LogP contribution in [0.15, 0.2) is 41.4 Å². The minimum atomic E-state index is -1.43. The van der Waals surface area contributed by atoms with Crippen molar-refractivity contribution in [2.45, 2.75) is 37.3 Å². The number of carbonyl (C=O) groups excluding carboxylic acids is 2. The van der Waals surface area contributed by atoms with Gasteiger partial charge in [0.2, 0.25) is 5.91 Å². The van der Waals surface area contributed by atoms with E-state index in [0.717, 1.165) is 25.0 Å². The number of ether oxygens (including phenoxy) is 2. The summed E-state index contributed by atoms with van der Waals surface area (Å²) in [4.78, 5) is 34.1. The molecule has 0 unspecified atom stereocenters. The zero-order valence-electron chi connectivity index (χ0n) is 22.4. The second kappa shape index (κ2) is 10.8. The number of aromatic nitrogens is 1. The van der Waals surface area contributed by atoms with Gasteiger partial charge in [0.1, 0.15) is 47.0 Å². The fraction of sp³-hybridized carbons (Fsp3) is 0.310. The molecule has 2 amide bonds. The first-order chi connectivity index (χ1) is 19.5. The van der Waals surface area contributed by atoms with Gasteiger partial charge in [-0.3, -0.25) is 14.6 Å². The van der Waals surface area contributed by atoms with Gasteiger partial charge in [-0.15, -0.1) is 0 Å². The van der Waals surface area contributed by atoms with E-state index < -0.39 is 40.5 Å². The van der Waals surface area contributed by atoms with Crippen LogP contribution in [0.1, 0.15) is 53.0 Å². The lowest BCUT2D eigenvalue weighted by Gasteiger charge is -2.20. The Morgan fingerprint density at radius 2 is 2.00 bits per heavy atom. The molecule has 0 bridgehead atoms. The van der Waals surface area contributed by atoms with Gasteiger partial charge in [0, 0.05) is 29.4 Å². The van der Waals surface area contributed by atoms with E-state index in [4.69, 9.17) is 20.9 Å². The van der Waals surface area contributed by atoms with E-state index in [9.17, 15) is 23.5 Å². The molecule has 2 atom stereocenters. The van der Waals surface area contributed by atoms with Crippen molar-refractivity contribution in [3.8, 4) is 22.8 Å². The van der Waals surface area contributed by atoms with Crippen molar-refractivity contribution in [1.29, 1.82) is 0 Å². The number of aliphatic hydroxyl groups excluding tert-OH is 1. The number of halogens is 2. The summed E-state index contributed by atoms with van der Waals surface area (Å²) < 4.78 is 40.5. The molecule has 3 aromatic rings. The maximum Gasteiger partial charge on any atom is 0.251 e. The van der Waals surface area contributed by atoms with E-state index >= 15 is 0 Å². The molecule has 0 spiro atoms. The van der Waals surface area contributed by atoms with Crippen LogP contribution in [-0.4, -0.2) is 54.4 Å². The summed E-state index contributed by atoms with van der Waals surface area (Å²) in [5, 5.41) is 13.7. The number of nitrogens with two attached hydrogens (primary N) is 2. The first kappa shape index (κ1) is 28.0. The number of amides is 2. The van der Waals surface area contributed by atoms with Crippen molar-refractivity contribution in [2.24, 2.45) is 10.7 Å². The van der Waals surface area contributed by atoms with Crippen LogP contribution in [-0.2, 0) is 10.2 Å². The zero-order chi connectivity index (χ0) is 29.5.